The number of hydrogen-bond acceptors (Lipinski definition) is 3. The predicted molar refractivity (Wildman–Crippen MR) is 101 cm³/mol. The first-order valence-electron chi connectivity index (χ1n) is 9.59. The molecule has 0 saturated carbocycles. The van der Waals surface area contributed by atoms with Crippen LogP contribution in [-0.4, -0.2) is 41.6 Å². The Kier molecular flexibility index (Phi) is 5.23. The molecule has 27 heavy (non-hydrogen) atoms. The molecule has 5 heteroatoms. The van der Waals surface area contributed by atoms with Crippen molar-refractivity contribution in [2.45, 2.75) is 38.3 Å². The Morgan fingerprint density at radius 2 is 1.70 bits per heavy atom. The molecule has 2 saturated heterocycles. The maximum Gasteiger partial charge on any atom is 0.266 e. The van der Waals surface area contributed by atoms with Crippen LogP contribution < -0.4 is 0 Å². The van der Waals surface area contributed by atoms with Gasteiger partial charge in [-0.25, -0.2) is 9.45 Å². The summed E-state index contributed by atoms with van der Waals surface area (Å²) < 4.78 is 13.0. The lowest BCUT2D eigenvalue weighted by atomic mass is 9.88. The number of hydroxylamine groups is 2. The van der Waals surface area contributed by atoms with Crippen molar-refractivity contribution in [3.05, 3.63) is 71.0 Å². The molecular formula is C22H25FN2O2. The summed E-state index contributed by atoms with van der Waals surface area (Å²) in [6.45, 7) is 4.67. The summed E-state index contributed by atoms with van der Waals surface area (Å²) in [5.74, 6) is 0.296. The van der Waals surface area contributed by atoms with Gasteiger partial charge in [-0.15, -0.1) is 0 Å². The molecule has 2 aliphatic heterocycles. The molecule has 2 heterocycles. The normalized spacial score (nSPS) is 21.8. The minimum Gasteiger partial charge on any atom is -0.290 e. The predicted octanol–water partition coefficient (Wildman–Crippen LogP) is 3.66. The average molecular weight is 368 g/mol. The fraction of sp³-hybridized carbons (Fsp3) is 0.409. The number of likely N-dealkylation sites (tertiary alicyclic amines) is 1. The molecule has 0 radical (unpaired) electrons. The highest BCUT2D eigenvalue weighted by atomic mass is 19.1. The molecule has 2 aliphatic rings. The number of carbonyl (C=O) groups is 1. The number of hydrogen-bond donors (Lipinski definition) is 0. The van der Waals surface area contributed by atoms with Crippen molar-refractivity contribution in [1.82, 2.24) is 9.96 Å². The van der Waals surface area contributed by atoms with Crippen LogP contribution in [0, 0.1) is 12.7 Å². The number of benzene rings is 2. The van der Waals surface area contributed by atoms with Gasteiger partial charge in [0.25, 0.3) is 5.91 Å². The molecule has 2 aromatic rings. The Balaban J connectivity index is 1.33. The maximum atomic E-state index is 13.0. The summed E-state index contributed by atoms with van der Waals surface area (Å²) in [5, 5.41) is 1.42. The lowest BCUT2D eigenvalue weighted by molar-refractivity contribution is -0.164. The lowest BCUT2D eigenvalue weighted by Crippen LogP contribution is -2.46. The third-order valence-corrected chi connectivity index (χ3v) is 5.68. The van der Waals surface area contributed by atoms with Gasteiger partial charge in [-0.1, -0.05) is 42.0 Å². The minimum absolute atomic E-state index is 0.00751. The molecule has 2 aromatic carbocycles. The van der Waals surface area contributed by atoms with Crippen molar-refractivity contribution in [3.8, 4) is 0 Å². The van der Waals surface area contributed by atoms with Gasteiger partial charge in [0.2, 0.25) is 0 Å². The van der Waals surface area contributed by atoms with Gasteiger partial charge in [0.1, 0.15) is 11.9 Å². The standard InChI is InChI=1S/C22H25FN2O2/c1-16-2-6-18(7-3-16)19-10-12-24(13-11-19)21-15-27-25(22(21)26)14-17-4-8-20(23)9-5-17/h2-9,19,21H,10-15H2,1H3. The highest BCUT2D eigenvalue weighted by molar-refractivity contribution is 5.82. The molecule has 0 bridgehead atoms. The Bertz CT molecular complexity index is 783. The van der Waals surface area contributed by atoms with Crippen molar-refractivity contribution < 1.29 is 14.0 Å². The summed E-state index contributed by atoms with van der Waals surface area (Å²) in [6.07, 6.45) is 2.12. The van der Waals surface area contributed by atoms with Crippen LogP contribution in [0.4, 0.5) is 4.39 Å². The Morgan fingerprint density at radius 1 is 1.04 bits per heavy atom. The molecule has 2 fully saturated rings. The fourth-order valence-electron chi connectivity index (χ4n) is 3.99. The first kappa shape index (κ1) is 18.1. The molecule has 0 N–H and O–H groups in total. The molecule has 0 aliphatic carbocycles. The highest BCUT2D eigenvalue weighted by Crippen LogP contribution is 2.30. The van der Waals surface area contributed by atoms with E-state index in [4.69, 9.17) is 4.84 Å². The Labute approximate surface area is 159 Å². The molecule has 1 unspecified atom stereocenters. The van der Waals surface area contributed by atoms with Crippen LogP contribution in [0.15, 0.2) is 48.5 Å². The topological polar surface area (TPSA) is 32.8 Å². The Morgan fingerprint density at radius 3 is 2.37 bits per heavy atom. The SMILES string of the molecule is Cc1ccc(C2CCN(C3CON(Cc4ccc(F)cc4)C3=O)CC2)cc1. The smallest absolute Gasteiger partial charge is 0.266 e. The maximum absolute atomic E-state index is 13.0. The second-order valence-electron chi connectivity index (χ2n) is 7.53. The van der Waals surface area contributed by atoms with Crippen LogP contribution in [0.2, 0.25) is 0 Å². The van der Waals surface area contributed by atoms with Crippen LogP contribution in [0.3, 0.4) is 0 Å². The Hall–Kier alpha value is -2.24. The largest absolute Gasteiger partial charge is 0.290 e. The number of aryl methyl sites for hydroxylation is 1. The highest BCUT2D eigenvalue weighted by Gasteiger charge is 2.38. The first-order valence-corrected chi connectivity index (χ1v) is 9.59. The van der Waals surface area contributed by atoms with Crippen LogP contribution in [0.25, 0.3) is 0 Å². The van der Waals surface area contributed by atoms with Gasteiger partial charge in [0.05, 0.1) is 13.2 Å². The third-order valence-electron chi connectivity index (χ3n) is 5.68. The van der Waals surface area contributed by atoms with Crippen LogP contribution in [0.1, 0.15) is 35.4 Å². The van der Waals surface area contributed by atoms with Gasteiger partial charge >= 0.3 is 0 Å². The zero-order valence-electron chi connectivity index (χ0n) is 15.6. The number of carbonyl (C=O) groups excluding carboxylic acids is 1. The molecule has 142 valence electrons. The van der Waals surface area contributed by atoms with Gasteiger partial charge in [0.15, 0.2) is 0 Å². The van der Waals surface area contributed by atoms with Crippen molar-refractivity contribution in [3.63, 3.8) is 0 Å². The summed E-state index contributed by atoms with van der Waals surface area (Å²) in [7, 11) is 0. The number of nitrogens with zero attached hydrogens (tertiary/aromatic N) is 2. The second-order valence-corrected chi connectivity index (χ2v) is 7.53. The van der Waals surface area contributed by atoms with Gasteiger partial charge < -0.3 is 0 Å². The summed E-state index contributed by atoms with van der Waals surface area (Å²) >= 11 is 0. The quantitative estimate of drug-likeness (QED) is 0.826. The van der Waals surface area contributed by atoms with Crippen LogP contribution in [0.5, 0.6) is 0 Å². The van der Waals surface area contributed by atoms with E-state index in [1.165, 1.54) is 28.3 Å². The van der Waals surface area contributed by atoms with Crippen LogP contribution in [-0.2, 0) is 16.2 Å². The van der Waals surface area contributed by atoms with E-state index in [1.807, 2.05) is 0 Å². The van der Waals surface area contributed by atoms with E-state index >= 15 is 0 Å². The van der Waals surface area contributed by atoms with Gasteiger partial charge in [-0.3, -0.25) is 14.5 Å². The van der Waals surface area contributed by atoms with Gasteiger partial charge in [0, 0.05) is 0 Å². The molecule has 1 atom stereocenters. The molecule has 4 rings (SSSR count). The van der Waals surface area contributed by atoms with E-state index in [9.17, 15) is 9.18 Å². The third kappa shape index (κ3) is 4.04. The average Bonchev–Trinajstić information content (AvgIpc) is 3.05. The lowest BCUT2D eigenvalue weighted by Gasteiger charge is -2.34. The molecule has 4 nitrogen and oxygen atoms in total. The monoisotopic (exact) mass is 368 g/mol. The summed E-state index contributed by atoms with van der Waals surface area (Å²) in [4.78, 5) is 20.6. The van der Waals surface area contributed by atoms with E-state index in [0.717, 1.165) is 31.5 Å². The van der Waals surface area contributed by atoms with Gasteiger partial charge in [-0.05, 0) is 62.0 Å². The minimum atomic E-state index is -0.276. The molecular weight excluding hydrogens is 343 g/mol. The van der Waals surface area contributed by atoms with Crippen molar-refractivity contribution >= 4 is 5.91 Å². The van der Waals surface area contributed by atoms with E-state index in [2.05, 4.69) is 36.1 Å². The number of rotatable bonds is 4. The number of amides is 1. The van der Waals surface area contributed by atoms with E-state index in [0.29, 0.717) is 19.1 Å². The van der Waals surface area contributed by atoms with Crippen molar-refractivity contribution in [2.24, 2.45) is 0 Å². The zero-order chi connectivity index (χ0) is 18.8. The zero-order valence-corrected chi connectivity index (χ0v) is 15.6. The molecule has 1 amide bonds. The van der Waals surface area contributed by atoms with Crippen LogP contribution >= 0.6 is 0 Å². The molecule has 0 spiro atoms. The number of piperidine rings is 1. The fourth-order valence-corrected chi connectivity index (χ4v) is 3.99. The van der Waals surface area contributed by atoms with Gasteiger partial charge in [-0.2, -0.15) is 0 Å². The summed E-state index contributed by atoms with van der Waals surface area (Å²) in [5.41, 5.74) is 3.54. The van der Waals surface area contributed by atoms with E-state index in [-0.39, 0.29) is 17.8 Å². The van der Waals surface area contributed by atoms with E-state index in [1.54, 1.807) is 12.1 Å². The first-order chi connectivity index (χ1) is 13.1. The second kappa shape index (κ2) is 7.79. The van der Waals surface area contributed by atoms with E-state index < -0.39 is 0 Å². The summed E-state index contributed by atoms with van der Waals surface area (Å²) in [6, 6.07) is 14.8. The number of halogens is 1. The van der Waals surface area contributed by atoms with Crippen molar-refractivity contribution in [1.29, 1.82) is 0 Å². The molecule has 0 aromatic heterocycles. The van der Waals surface area contributed by atoms with Crippen molar-refractivity contribution in [2.75, 3.05) is 19.7 Å².